The highest BCUT2D eigenvalue weighted by Crippen LogP contribution is 2.30. The van der Waals surface area contributed by atoms with Gasteiger partial charge >= 0.3 is 0 Å². The van der Waals surface area contributed by atoms with E-state index in [0.717, 1.165) is 25.7 Å². The number of hydrogen-bond acceptors (Lipinski definition) is 0. The Morgan fingerprint density at radius 2 is 2.33 bits per heavy atom. The Hall–Kier alpha value is -0.0700. The van der Waals surface area contributed by atoms with Gasteiger partial charge in [-0.05, 0) is 31.6 Å². The van der Waals surface area contributed by atoms with Gasteiger partial charge in [0, 0.05) is 0 Å². The number of alkyl halides is 1. The van der Waals surface area contributed by atoms with Crippen LogP contribution < -0.4 is 0 Å². The lowest BCUT2D eigenvalue weighted by Gasteiger charge is -2.03. The summed E-state index contributed by atoms with van der Waals surface area (Å²) in [6.45, 7) is 2.12. The summed E-state index contributed by atoms with van der Waals surface area (Å²) in [6.07, 6.45) is 5.49. The first-order chi connectivity index (χ1) is 4.33. The molecule has 0 aromatic rings. The molecule has 1 rings (SSSR count). The quantitative estimate of drug-likeness (QED) is 0.537. The number of rotatable bonds is 2. The van der Waals surface area contributed by atoms with Crippen LogP contribution in [0.4, 0.5) is 4.39 Å². The zero-order chi connectivity index (χ0) is 6.69. The molecule has 1 saturated carbocycles. The van der Waals surface area contributed by atoms with Crippen LogP contribution in [0.15, 0.2) is 0 Å². The molecule has 2 unspecified atom stereocenters. The Morgan fingerprint density at radius 3 is 2.78 bits per heavy atom. The molecular weight excluding hydrogens is 115 g/mol. The van der Waals surface area contributed by atoms with Gasteiger partial charge in [0.1, 0.15) is 6.17 Å². The van der Waals surface area contributed by atoms with Crippen molar-refractivity contribution in [3.63, 3.8) is 0 Å². The molecular formula is C8H14F. The lowest BCUT2D eigenvalue weighted by Crippen LogP contribution is -1.95. The minimum Gasteiger partial charge on any atom is -0.247 e. The van der Waals surface area contributed by atoms with Gasteiger partial charge in [-0.1, -0.05) is 13.3 Å². The maximum Gasteiger partial charge on any atom is 0.100 e. The summed E-state index contributed by atoms with van der Waals surface area (Å²) in [7, 11) is 0. The molecule has 1 heteroatoms. The fourth-order valence-electron chi connectivity index (χ4n) is 1.51. The van der Waals surface area contributed by atoms with Crippen molar-refractivity contribution in [2.75, 3.05) is 0 Å². The van der Waals surface area contributed by atoms with Crippen molar-refractivity contribution in [2.45, 2.75) is 38.8 Å². The van der Waals surface area contributed by atoms with E-state index in [9.17, 15) is 4.39 Å². The average molecular weight is 129 g/mol. The maximum absolute atomic E-state index is 12.5. The largest absolute Gasteiger partial charge is 0.247 e. The van der Waals surface area contributed by atoms with Crippen molar-refractivity contribution in [1.29, 1.82) is 0 Å². The number of hydrogen-bond donors (Lipinski definition) is 0. The van der Waals surface area contributed by atoms with Crippen molar-refractivity contribution in [3.05, 3.63) is 6.42 Å². The van der Waals surface area contributed by atoms with Gasteiger partial charge in [-0.3, -0.25) is 0 Å². The molecule has 53 valence electrons. The Bertz CT molecular complexity index is 78.6. The summed E-state index contributed by atoms with van der Waals surface area (Å²) < 4.78 is 12.5. The van der Waals surface area contributed by atoms with Gasteiger partial charge in [-0.25, -0.2) is 4.39 Å². The van der Waals surface area contributed by atoms with Gasteiger partial charge in [-0.2, -0.15) is 0 Å². The highest BCUT2D eigenvalue weighted by molar-refractivity contribution is 4.83. The summed E-state index contributed by atoms with van der Waals surface area (Å²) in [5, 5.41) is 0. The molecule has 0 spiro atoms. The van der Waals surface area contributed by atoms with E-state index in [1.807, 2.05) is 0 Å². The standard InChI is InChI=1S/C8H14F/c1-2-3-7-4-5-8(9)6-7/h3,7-8H,2,4-6H2,1H3. The van der Waals surface area contributed by atoms with E-state index in [1.165, 1.54) is 0 Å². The monoisotopic (exact) mass is 129 g/mol. The van der Waals surface area contributed by atoms with Crippen molar-refractivity contribution in [1.82, 2.24) is 0 Å². The van der Waals surface area contributed by atoms with Crippen molar-refractivity contribution in [2.24, 2.45) is 5.92 Å². The molecule has 0 N–H and O–H groups in total. The topological polar surface area (TPSA) is 0 Å². The molecule has 1 aliphatic rings. The van der Waals surface area contributed by atoms with Gasteiger partial charge in [0.25, 0.3) is 0 Å². The van der Waals surface area contributed by atoms with Gasteiger partial charge in [0.05, 0.1) is 0 Å². The predicted molar refractivity (Wildman–Crippen MR) is 36.8 cm³/mol. The van der Waals surface area contributed by atoms with Crippen LogP contribution in [-0.2, 0) is 0 Å². The highest BCUT2D eigenvalue weighted by Gasteiger charge is 2.22. The first kappa shape index (κ1) is 7.04. The Labute approximate surface area is 56.5 Å². The second kappa shape index (κ2) is 3.19. The van der Waals surface area contributed by atoms with Crippen LogP contribution in [0.1, 0.15) is 32.6 Å². The molecule has 9 heavy (non-hydrogen) atoms. The van der Waals surface area contributed by atoms with Crippen molar-refractivity contribution < 1.29 is 4.39 Å². The third kappa shape index (κ3) is 1.96. The normalized spacial score (nSPS) is 35.3. The van der Waals surface area contributed by atoms with Crippen molar-refractivity contribution in [3.8, 4) is 0 Å². The molecule has 0 heterocycles. The molecule has 0 aromatic carbocycles. The molecule has 0 saturated heterocycles. The van der Waals surface area contributed by atoms with Gasteiger partial charge in [0.15, 0.2) is 0 Å². The fraction of sp³-hybridized carbons (Fsp3) is 0.875. The minimum atomic E-state index is -0.502. The molecule has 1 radical (unpaired) electrons. The van der Waals surface area contributed by atoms with Gasteiger partial charge in [-0.15, -0.1) is 0 Å². The zero-order valence-electron chi connectivity index (χ0n) is 5.94. The second-order valence-electron chi connectivity index (χ2n) is 2.81. The zero-order valence-corrected chi connectivity index (χ0v) is 5.94. The van der Waals surface area contributed by atoms with E-state index in [2.05, 4.69) is 13.3 Å². The van der Waals surface area contributed by atoms with E-state index < -0.39 is 6.17 Å². The van der Waals surface area contributed by atoms with E-state index in [-0.39, 0.29) is 0 Å². The summed E-state index contributed by atoms with van der Waals surface area (Å²) in [5.41, 5.74) is 0. The van der Waals surface area contributed by atoms with Crippen LogP contribution in [0.25, 0.3) is 0 Å². The van der Waals surface area contributed by atoms with Crippen LogP contribution in [0.5, 0.6) is 0 Å². The number of halogens is 1. The maximum atomic E-state index is 12.5. The Balaban J connectivity index is 2.14. The average Bonchev–Trinajstić information content (AvgIpc) is 2.17. The summed E-state index contributed by atoms with van der Waals surface area (Å²) >= 11 is 0. The first-order valence-corrected chi connectivity index (χ1v) is 3.80. The van der Waals surface area contributed by atoms with Crippen molar-refractivity contribution >= 4 is 0 Å². The van der Waals surface area contributed by atoms with E-state index in [0.29, 0.717) is 5.92 Å². The summed E-state index contributed by atoms with van der Waals surface area (Å²) in [4.78, 5) is 0. The molecule has 0 aromatic heterocycles. The SMILES string of the molecule is CC[CH]C1CCC(F)C1. The first-order valence-electron chi connectivity index (χ1n) is 3.80. The van der Waals surface area contributed by atoms with E-state index >= 15 is 0 Å². The summed E-state index contributed by atoms with van der Waals surface area (Å²) in [6, 6.07) is 0. The van der Waals surface area contributed by atoms with Crippen LogP contribution in [-0.4, -0.2) is 6.17 Å². The van der Waals surface area contributed by atoms with Crippen LogP contribution >= 0.6 is 0 Å². The van der Waals surface area contributed by atoms with Crippen LogP contribution in [0.3, 0.4) is 0 Å². The van der Waals surface area contributed by atoms with Gasteiger partial charge in [0.2, 0.25) is 0 Å². The lowest BCUT2D eigenvalue weighted by molar-refractivity contribution is 0.335. The lowest BCUT2D eigenvalue weighted by atomic mass is 10.0. The molecule has 1 aliphatic carbocycles. The van der Waals surface area contributed by atoms with Crippen LogP contribution in [0.2, 0.25) is 0 Å². The molecule has 0 amide bonds. The minimum absolute atomic E-state index is 0.502. The molecule has 0 nitrogen and oxygen atoms in total. The fourth-order valence-corrected chi connectivity index (χ4v) is 1.51. The highest BCUT2D eigenvalue weighted by atomic mass is 19.1. The van der Waals surface area contributed by atoms with Crippen LogP contribution in [0, 0.1) is 12.3 Å². The Kier molecular flexibility index (Phi) is 2.49. The predicted octanol–water partition coefficient (Wildman–Crippen LogP) is 2.74. The third-order valence-electron chi connectivity index (χ3n) is 1.98. The Morgan fingerprint density at radius 1 is 1.56 bits per heavy atom. The second-order valence-corrected chi connectivity index (χ2v) is 2.81. The van der Waals surface area contributed by atoms with E-state index in [4.69, 9.17) is 0 Å². The smallest absolute Gasteiger partial charge is 0.100 e. The molecule has 2 atom stereocenters. The summed E-state index contributed by atoms with van der Waals surface area (Å²) in [5.74, 6) is 0.588. The molecule has 0 aliphatic heterocycles. The molecule has 1 fully saturated rings. The van der Waals surface area contributed by atoms with E-state index in [1.54, 1.807) is 0 Å². The molecule has 0 bridgehead atoms. The third-order valence-corrected chi connectivity index (χ3v) is 1.98. The van der Waals surface area contributed by atoms with Gasteiger partial charge < -0.3 is 0 Å².